The van der Waals surface area contributed by atoms with Crippen molar-refractivity contribution < 1.29 is 18.0 Å². The van der Waals surface area contributed by atoms with Crippen LogP contribution in [-0.4, -0.2) is 95.1 Å². The summed E-state index contributed by atoms with van der Waals surface area (Å²) in [5.74, 6) is -0.517. The van der Waals surface area contributed by atoms with E-state index >= 15 is 0 Å². The summed E-state index contributed by atoms with van der Waals surface area (Å²) in [4.78, 5) is 25.3. The molecule has 2 fully saturated rings. The standard InChI is InChI=1S/C31H36F3N9OS/c1-20-4-5-21(14-27(20)43-19-26(38-39-43)28-18-36-30(35-2)45-28)29(44)37-23-15-22(31(32,33)34)16-25(17-23)41-8-6-24(7-9-41)42-12-10-40(3)11-13-42/h4-5,14-19,24H,6-13H2,1-3H3,(H,35,36)(H,37,44). The Labute approximate surface area is 263 Å². The molecule has 0 saturated carbocycles. The highest BCUT2D eigenvalue weighted by molar-refractivity contribution is 7.18. The van der Waals surface area contributed by atoms with Crippen LogP contribution in [0.3, 0.4) is 0 Å². The Morgan fingerprint density at radius 2 is 1.78 bits per heavy atom. The number of anilines is 3. The van der Waals surface area contributed by atoms with Gasteiger partial charge in [-0.25, -0.2) is 9.67 Å². The number of thiazole rings is 1. The topological polar surface area (TPSA) is 94.5 Å². The minimum Gasteiger partial charge on any atom is -0.371 e. The molecule has 2 aromatic heterocycles. The monoisotopic (exact) mass is 639 g/mol. The van der Waals surface area contributed by atoms with Crippen LogP contribution in [0.25, 0.3) is 16.3 Å². The van der Waals surface area contributed by atoms with Crippen molar-refractivity contribution in [1.82, 2.24) is 29.8 Å². The van der Waals surface area contributed by atoms with Crippen molar-refractivity contribution in [3.05, 3.63) is 65.5 Å². The molecule has 10 nitrogen and oxygen atoms in total. The van der Waals surface area contributed by atoms with E-state index in [9.17, 15) is 18.0 Å². The van der Waals surface area contributed by atoms with E-state index in [4.69, 9.17) is 0 Å². The van der Waals surface area contributed by atoms with Gasteiger partial charge in [-0.1, -0.05) is 22.6 Å². The van der Waals surface area contributed by atoms with Gasteiger partial charge in [-0.2, -0.15) is 13.2 Å². The second-order valence-electron chi connectivity index (χ2n) is 11.6. The SMILES string of the molecule is CNc1ncc(-c2cn(-c3cc(C(=O)Nc4cc(N5CCC(N6CCN(C)CC6)CC5)cc(C(F)(F)F)c4)ccc3C)nn2)s1. The predicted octanol–water partition coefficient (Wildman–Crippen LogP) is 5.23. The first-order valence-corrected chi connectivity index (χ1v) is 15.8. The quantitative estimate of drug-likeness (QED) is 0.284. The summed E-state index contributed by atoms with van der Waals surface area (Å²) in [7, 11) is 3.91. The second kappa shape index (κ2) is 12.8. The van der Waals surface area contributed by atoms with Gasteiger partial charge in [0.1, 0.15) is 5.69 Å². The van der Waals surface area contributed by atoms with Crippen molar-refractivity contribution in [2.24, 2.45) is 0 Å². The molecule has 2 aliphatic rings. The largest absolute Gasteiger partial charge is 0.416 e. The lowest BCUT2D eigenvalue weighted by Gasteiger charge is -2.42. The fourth-order valence-electron chi connectivity index (χ4n) is 5.91. The highest BCUT2D eigenvalue weighted by Crippen LogP contribution is 2.36. The molecule has 45 heavy (non-hydrogen) atoms. The maximum atomic E-state index is 14.0. The molecule has 0 aliphatic carbocycles. The zero-order chi connectivity index (χ0) is 31.7. The van der Waals surface area contributed by atoms with Gasteiger partial charge in [0, 0.05) is 75.5 Å². The van der Waals surface area contributed by atoms with Crippen LogP contribution in [0.4, 0.5) is 29.7 Å². The summed E-state index contributed by atoms with van der Waals surface area (Å²) >= 11 is 1.44. The van der Waals surface area contributed by atoms with E-state index in [2.05, 4.69) is 42.8 Å². The number of piperazine rings is 1. The van der Waals surface area contributed by atoms with Crippen LogP contribution in [0.5, 0.6) is 0 Å². The molecule has 238 valence electrons. The lowest BCUT2D eigenvalue weighted by Crippen LogP contribution is -2.52. The van der Waals surface area contributed by atoms with Crippen molar-refractivity contribution in [2.45, 2.75) is 32.0 Å². The third kappa shape index (κ3) is 6.97. The number of nitrogens with one attached hydrogen (secondary N) is 2. The van der Waals surface area contributed by atoms with Crippen LogP contribution in [0, 0.1) is 6.92 Å². The fourth-order valence-corrected chi connectivity index (χ4v) is 6.63. The van der Waals surface area contributed by atoms with Crippen LogP contribution in [0.2, 0.25) is 0 Å². The molecular formula is C31H36F3N9OS. The van der Waals surface area contributed by atoms with Gasteiger partial charge in [-0.15, -0.1) is 5.10 Å². The highest BCUT2D eigenvalue weighted by Gasteiger charge is 2.33. The molecule has 0 spiro atoms. The average Bonchev–Trinajstić information content (AvgIpc) is 3.71. The molecule has 1 amide bonds. The van der Waals surface area contributed by atoms with Gasteiger partial charge >= 0.3 is 6.18 Å². The number of piperidine rings is 1. The summed E-state index contributed by atoms with van der Waals surface area (Å²) in [6.07, 6.45) is 0.681. The van der Waals surface area contributed by atoms with Crippen LogP contribution in [0.15, 0.2) is 48.8 Å². The Morgan fingerprint density at radius 1 is 1.02 bits per heavy atom. The van der Waals surface area contributed by atoms with Crippen LogP contribution in [0.1, 0.15) is 34.3 Å². The summed E-state index contributed by atoms with van der Waals surface area (Å²) in [5, 5.41) is 15.0. The van der Waals surface area contributed by atoms with Crippen LogP contribution >= 0.6 is 11.3 Å². The summed E-state index contributed by atoms with van der Waals surface area (Å²) < 4.78 is 43.5. The number of alkyl halides is 3. The number of aryl methyl sites for hydroxylation is 1. The van der Waals surface area contributed by atoms with Gasteiger partial charge in [0.2, 0.25) is 0 Å². The normalized spacial score (nSPS) is 17.1. The summed E-state index contributed by atoms with van der Waals surface area (Å²) in [6.45, 7) is 7.30. The number of hydrogen-bond donors (Lipinski definition) is 2. The Hall–Kier alpha value is -4.01. The molecule has 14 heteroatoms. The number of halogens is 3. The van der Waals surface area contributed by atoms with Crippen molar-refractivity contribution in [1.29, 1.82) is 0 Å². The molecule has 0 radical (unpaired) electrons. The van der Waals surface area contributed by atoms with Crippen LogP contribution in [-0.2, 0) is 6.18 Å². The first kappa shape index (κ1) is 31.0. The number of benzene rings is 2. The van der Waals surface area contributed by atoms with Crippen molar-refractivity contribution in [2.75, 3.05) is 68.9 Å². The van der Waals surface area contributed by atoms with E-state index in [1.807, 2.05) is 11.8 Å². The molecule has 0 bridgehead atoms. The Kier molecular flexibility index (Phi) is 8.80. The van der Waals surface area contributed by atoms with Gasteiger partial charge in [0.15, 0.2) is 5.13 Å². The number of nitrogens with zero attached hydrogens (tertiary/aromatic N) is 7. The maximum absolute atomic E-state index is 14.0. The number of hydrogen-bond acceptors (Lipinski definition) is 9. The molecular weight excluding hydrogens is 603 g/mol. The number of aromatic nitrogens is 4. The van der Waals surface area contributed by atoms with Gasteiger partial charge in [0.25, 0.3) is 5.91 Å². The van der Waals surface area contributed by atoms with E-state index in [-0.39, 0.29) is 11.3 Å². The molecule has 6 rings (SSSR count). The third-order valence-electron chi connectivity index (χ3n) is 8.57. The smallest absolute Gasteiger partial charge is 0.371 e. The molecule has 0 atom stereocenters. The number of carbonyl (C=O) groups excluding carboxylic acids is 1. The highest BCUT2D eigenvalue weighted by atomic mass is 32.1. The summed E-state index contributed by atoms with van der Waals surface area (Å²) in [5.41, 5.74) is 2.17. The Bertz CT molecular complexity index is 1650. The maximum Gasteiger partial charge on any atom is 0.416 e. The molecule has 4 aromatic rings. The van der Waals surface area contributed by atoms with E-state index in [0.717, 1.165) is 60.7 Å². The first-order chi connectivity index (χ1) is 21.6. The van der Waals surface area contributed by atoms with Crippen molar-refractivity contribution >= 4 is 33.8 Å². The van der Waals surface area contributed by atoms with Crippen LogP contribution < -0.4 is 15.5 Å². The molecule has 2 aliphatic heterocycles. The van der Waals surface area contributed by atoms with Gasteiger partial charge in [-0.05, 0) is 62.7 Å². The third-order valence-corrected chi connectivity index (χ3v) is 9.61. The van der Waals surface area contributed by atoms with E-state index in [0.29, 0.717) is 36.2 Å². The molecule has 2 N–H and O–H groups in total. The fraction of sp³-hybridized carbons (Fsp3) is 0.419. The minimum absolute atomic E-state index is 0.0988. The van der Waals surface area contributed by atoms with E-state index < -0.39 is 17.6 Å². The Morgan fingerprint density at radius 3 is 2.47 bits per heavy atom. The lowest BCUT2D eigenvalue weighted by molar-refractivity contribution is -0.137. The van der Waals surface area contributed by atoms with Gasteiger partial charge < -0.3 is 20.4 Å². The number of carbonyl (C=O) groups is 1. The molecule has 0 unspecified atom stereocenters. The van der Waals surface area contributed by atoms with E-state index in [1.165, 1.54) is 17.4 Å². The average molecular weight is 640 g/mol. The molecule has 4 heterocycles. The molecule has 2 saturated heterocycles. The zero-order valence-corrected chi connectivity index (χ0v) is 26.3. The number of rotatable bonds is 7. The minimum atomic E-state index is -4.55. The van der Waals surface area contributed by atoms with E-state index in [1.54, 1.807) is 48.4 Å². The number of likely N-dealkylation sites (N-methyl/N-ethyl adjacent to an activating group) is 1. The molecule has 2 aromatic carbocycles. The predicted molar refractivity (Wildman–Crippen MR) is 170 cm³/mol. The first-order valence-electron chi connectivity index (χ1n) is 15.0. The van der Waals surface area contributed by atoms with Crippen molar-refractivity contribution in [3.63, 3.8) is 0 Å². The number of amides is 1. The zero-order valence-electron chi connectivity index (χ0n) is 25.4. The summed E-state index contributed by atoms with van der Waals surface area (Å²) in [6, 6.07) is 9.32. The lowest BCUT2D eigenvalue weighted by atomic mass is 10.0. The van der Waals surface area contributed by atoms with Crippen molar-refractivity contribution in [3.8, 4) is 16.3 Å². The Balaban J connectivity index is 1.19. The van der Waals surface area contributed by atoms with Gasteiger partial charge in [-0.3, -0.25) is 9.69 Å². The second-order valence-corrected chi connectivity index (χ2v) is 12.6. The van der Waals surface area contributed by atoms with Gasteiger partial charge in [0.05, 0.1) is 22.3 Å².